The fourth-order valence-corrected chi connectivity index (χ4v) is 3.06. The molecule has 32 heavy (non-hydrogen) atoms. The normalized spacial score (nSPS) is 12.2. The lowest BCUT2D eigenvalue weighted by molar-refractivity contribution is -0.166. The van der Waals surface area contributed by atoms with E-state index in [1.54, 1.807) is 38.4 Å². The first-order valence-electron chi connectivity index (χ1n) is 9.86. The molecule has 172 valence electrons. The fourth-order valence-electron chi connectivity index (χ4n) is 2.71. The van der Waals surface area contributed by atoms with Crippen LogP contribution in [0.2, 0.25) is 0 Å². The molecule has 0 bridgehead atoms. The average molecular weight is 508 g/mol. The summed E-state index contributed by atoms with van der Waals surface area (Å²) in [5.41, 5.74) is -0.823. The Morgan fingerprint density at radius 1 is 1.22 bits per heavy atom. The molecule has 1 N–H and O–H groups in total. The second kappa shape index (κ2) is 9.39. The van der Waals surface area contributed by atoms with Crippen molar-refractivity contribution >= 4 is 33.5 Å². The average Bonchev–Trinajstić information content (AvgIpc) is 3.06. The number of hydrogen-bond acceptors (Lipinski definition) is 7. The molecule has 0 aliphatic carbocycles. The molecular formula is C21H26BrN5O5. The molecule has 0 fully saturated rings. The van der Waals surface area contributed by atoms with Crippen molar-refractivity contribution in [3.05, 3.63) is 41.3 Å². The summed E-state index contributed by atoms with van der Waals surface area (Å²) in [6.07, 6.45) is 3.53. The Balaban J connectivity index is 1.93. The lowest BCUT2D eigenvalue weighted by atomic mass is 10.1. The minimum Gasteiger partial charge on any atom is -0.465 e. The van der Waals surface area contributed by atoms with Crippen molar-refractivity contribution in [2.45, 2.75) is 45.8 Å². The Bertz CT molecular complexity index is 1080. The van der Waals surface area contributed by atoms with Crippen LogP contribution in [0.4, 0.5) is 10.6 Å². The topological polar surface area (TPSA) is 111 Å². The van der Waals surface area contributed by atoms with Crippen LogP contribution < -0.4 is 9.64 Å². The lowest BCUT2D eigenvalue weighted by Crippen LogP contribution is -2.45. The number of carboxylic acid groups (broad SMARTS) is 1. The van der Waals surface area contributed by atoms with E-state index < -0.39 is 11.7 Å². The molecule has 0 spiro atoms. The van der Waals surface area contributed by atoms with Gasteiger partial charge in [-0.3, -0.25) is 9.88 Å². The molecule has 0 saturated heterocycles. The lowest BCUT2D eigenvalue weighted by Gasteiger charge is -2.32. The number of amides is 1. The quantitative estimate of drug-likeness (QED) is 0.435. The molecular weight excluding hydrogens is 482 g/mol. The summed E-state index contributed by atoms with van der Waals surface area (Å²) in [6.45, 7) is 9.37. The largest absolute Gasteiger partial charge is 0.465 e. The highest BCUT2D eigenvalue weighted by atomic mass is 79.9. The number of ether oxygens (including phenoxy) is 3. The van der Waals surface area contributed by atoms with E-state index in [-0.39, 0.29) is 30.6 Å². The van der Waals surface area contributed by atoms with Crippen LogP contribution in [0.1, 0.15) is 34.6 Å². The van der Waals surface area contributed by atoms with Gasteiger partial charge in [0.2, 0.25) is 5.88 Å². The molecule has 0 aliphatic rings. The van der Waals surface area contributed by atoms with Gasteiger partial charge in [-0.2, -0.15) is 14.6 Å². The number of nitrogens with zero attached hydrogens (tertiary/aromatic N) is 5. The van der Waals surface area contributed by atoms with Crippen LogP contribution in [0.15, 0.2) is 41.3 Å². The Morgan fingerprint density at radius 2 is 1.97 bits per heavy atom. The zero-order valence-electron chi connectivity index (χ0n) is 18.6. The highest BCUT2D eigenvalue weighted by molar-refractivity contribution is 9.10. The van der Waals surface area contributed by atoms with E-state index in [9.17, 15) is 9.90 Å². The van der Waals surface area contributed by atoms with Gasteiger partial charge >= 0.3 is 6.09 Å². The number of aromatic nitrogens is 4. The molecule has 0 atom stereocenters. The molecule has 0 unspecified atom stereocenters. The first-order valence-corrected chi connectivity index (χ1v) is 10.6. The maximum Gasteiger partial charge on any atom is 0.413 e. The van der Waals surface area contributed by atoms with E-state index in [0.29, 0.717) is 15.9 Å². The van der Waals surface area contributed by atoms with Gasteiger partial charge in [0.05, 0.1) is 34.6 Å². The zero-order chi connectivity index (χ0) is 23.5. The van der Waals surface area contributed by atoms with Crippen molar-refractivity contribution in [3.8, 4) is 11.6 Å². The molecule has 3 rings (SSSR count). The Kier molecular flexibility index (Phi) is 7.01. The van der Waals surface area contributed by atoms with Crippen LogP contribution in [0, 0.1) is 0 Å². The molecule has 0 saturated carbocycles. The van der Waals surface area contributed by atoms with Crippen molar-refractivity contribution in [2.24, 2.45) is 0 Å². The van der Waals surface area contributed by atoms with Gasteiger partial charge < -0.3 is 19.3 Å². The molecule has 11 heteroatoms. The number of halogens is 1. The third kappa shape index (κ3) is 6.15. The van der Waals surface area contributed by atoms with E-state index >= 15 is 0 Å². The smallest absolute Gasteiger partial charge is 0.413 e. The van der Waals surface area contributed by atoms with Crippen LogP contribution in [0.5, 0.6) is 11.6 Å². The maximum atomic E-state index is 12.2. The van der Waals surface area contributed by atoms with E-state index in [4.69, 9.17) is 14.2 Å². The third-order valence-electron chi connectivity index (χ3n) is 4.23. The van der Waals surface area contributed by atoms with Gasteiger partial charge in [-0.05, 0) is 62.7 Å². The summed E-state index contributed by atoms with van der Waals surface area (Å²) < 4.78 is 19.3. The first-order chi connectivity index (χ1) is 15.0. The summed E-state index contributed by atoms with van der Waals surface area (Å²) in [7, 11) is 0. The predicted molar refractivity (Wildman–Crippen MR) is 121 cm³/mol. The summed E-state index contributed by atoms with van der Waals surface area (Å²) in [5.74, 6) is 0.916. The van der Waals surface area contributed by atoms with Gasteiger partial charge in [0.1, 0.15) is 18.4 Å². The van der Waals surface area contributed by atoms with Crippen LogP contribution in [0.3, 0.4) is 0 Å². The van der Waals surface area contributed by atoms with Crippen LogP contribution in [-0.2, 0) is 9.47 Å². The van der Waals surface area contributed by atoms with Crippen molar-refractivity contribution in [2.75, 3.05) is 18.2 Å². The maximum absolute atomic E-state index is 12.2. The number of rotatable bonds is 8. The third-order valence-corrected chi connectivity index (χ3v) is 4.79. The van der Waals surface area contributed by atoms with Crippen LogP contribution >= 0.6 is 15.9 Å². The van der Waals surface area contributed by atoms with Crippen LogP contribution in [0.25, 0.3) is 5.65 Å². The Labute approximate surface area is 194 Å². The molecule has 1 amide bonds. The van der Waals surface area contributed by atoms with Crippen molar-refractivity contribution in [1.29, 1.82) is 0 Å². The minimum absolute atomic E-state index is 0.0127. The first kappa shape index (κ1) is 23.9. The van der Waals surface area contributed by atoms with Crippen LogP contribution in [-0.4, -0.2) is 55.3 Å². The summed E-state index contributed by atoms with van der Waals surface area (Å²) in [6, 6.07) is 4.97. The standard InChI is InChI=1S/C21H26BrN5O5/c1-20(2,3)30-13-31-21(4,5)12-26(19(28)29)17-9-16(32-14-7-6-8-23-10-14)25-18-15(22)11-24-27(17)18/h6-11H,12-13H2,1-5H3,(H,28,29). The zero-order valence-corrected chi connectivity index (χ0v) is 20.2. The van der Waals surface area contributed by atoms with Gasteiger partial charge in [-0.15, -0.1) is 0 Å². The summed E-state index contributed by atoms with van der Waals surface area (Å²) >= 11 is 3.40. The molecule has 3 aromatic heterocycles. The minimum atomic E-state index is -1.18. The highest BCUT2D eigenvalue weighted by Crippen LogP contribution is 2.29. The van der Waals surface area contributed by atoms with Crippen molar-refractivity contribution < 1.29 is 24.1 Å². The van der Waals surface area contributed by atoms with E-state index in [1.165, 1.54) is 16.8 Å². The van der Waals surface area contributed by atoms with Gasteiger partial charge in [0.15, 0.2) is 5.65 Å². The molecule has 3 aromatic rings. The summed E-state index contributed by atoms with van der Waals surface area (Å²) in [5, 5.41) is 14.3. The summed E-state index contributed by atoms with van der Waals surface area (Å²) in [4.78, 5) is 21.8. The number of anilines is 1. The van der Waals surface area contributed by atoms with Gasteiger partial charge in [-0.25, -0.2) is 4.79 Å². The second-order valence-corrected chi connectivity index (χ2v) is 9.47. The van der Waals surface area contributed by atoms with Gasteiger partial charge in [-0.1, -0.05) is 0 Å². The second-order valence-electron chi connectivity index (χ2n) is 8.62. The van der Waals surface area contributed by atoms with Crippen molar-refractivity contribution in [1.82, 2.24) is 19.6 Å². The molecule has 0 aromatic carbocycles. The Hall–Kier alpha value is -2.76. The highest BCUT2D eigenvalue weighted by Gasteiger charge is 2.30. The SMILES string of the molecule is CC(C)(C)OCOC(C)(C)CN(C(=O)O)c1cc(Oc2cccnc2)nc2c(Br)cnn12. The van der Waals surface area contributed by atoms with Gasteiger partial charge in [0, 0.05) is 12.3 Å². The molecule has 3 heterocycles. The van der Waals surface area contributed by atoms with Crippen molar-refractivity contribution in [3.63, 3.8) is 0 Å². The van der Waals surface area contributed by atoms with E-state index in [2.05, 4.69) is 31.0 Å². The number of pyridine rings is 1. The number of hydrogen-bond donors (Lipinski definition) is 1. The number of fused-ring (bicyclic) bond motifs is 1. The Morgan fingerprint density at radius 3 is 2.59 bits per heavy atom. The molecule has 0 aliphatic heterocycles. The van der Waals surface area contributed by atoms with E-state index in [0.717, 1.165) is 4.90 Å². The fraction of sp³-hybridized carbons (Fsp3) is 0.429. The predicted octanol–water partition coefficient (Wildman–Crippen LogP) is 4.73. The number of carbonyl (C=O) groups is 1. The van der Waals surface area contributed by atoms with Gasteiger partial charge in [0.25, 0.3) is 0 Å². The monoisotopic (exact) mass is 507 g/mol. The van der Waals surface area contributed by atoms with E-state index in [1.807, 2.05) is 20.8 Å². The molecule has 0 radical (unpaired) electrons. The molecule has 10 nitrogen and oxygen atoms in total.